The summed E-state index contributed by atoms with van der Waals surface area (Å²) in [4.78, 5) is 4.67. The molecule has 0 fully saturated rings. The molecule has 3 heteroatoms. The van der Waals surface area contributed by atoms with Crippen molar-refractivity contribution < 1.29 is 0 Å². The van der Waals surface area contributed by atoms with E-state index in [-0.39, 0.29) is 0 Å². The van der Waals surface area contributed by atoms with Crippen LogP contribution in [0.4, 0.5) is 34.1 Å². The van der Waals surface area contributed by atoms with Crippen LogP contribution in [0, 0.1) is 0 Å². The molecule has 0 bridgehead atoms. The highest BCUT2D eigenvalue weighted by Crippen LogP contribution is 2.43. The molecule has 13 aromatic carbocycles. The van der Waals surface area contributed by atoms with Gasteiger partial charge in [-0.3, -0.25) is 0 Å². The van der Waals surface area contributed by atoms with Gasteiger partial charge in [-0.05, 0) is 193 Å². The second-order valence-electron chi connectivity index (χ2n) is 19.8. The number of hydrogen-bond donors (Lipinski definition) is 0. The maximum absolute atomic E-state index is 2.48. The van der Waals surface area contributed by atoms with Crippen LogP contribution >= 0.6 is 0 Å². The summed E-state index contributed by atoms with van der Waals surface area (Å²) < 4.78 is 2.48. The molecule has 0 amide bonds. The third-order valence-corrected chi connectivity index (χ3v) is 15.0. The lowest BCUT2D eigenvalue weighted by Crippen LogP contribution is -2.09. The lowest BCUT2D eigenvalue weighted by atomic mass is 9.94. The average molecular weight is 982 g/mol. The number of aromatic nitrogens is 1. The summed E-state index contributed by atoms with van der Waals surface area (Å²) >= 11 is 0. The van der Waals surface area contributed by atoms with Crippen LogP contribution in [0.2, 0.25) is 0 Å². The summed E-state index contributed by atoms with van der Waals surface area (Å²) in [5.74, 6) is 0. The maximum atomic E-state index is 2.48. The Kier molecular flexibility index (Phi) is 11.5. The van der Waals surface area contributed by atoms with E-state index in [4.69, 9.17) is 0 Å². The van der Waals surface area contributed by atoms with Gasteiger partial charge in [0.1, 0.15) is 0 Å². The predicted molar refractivity (Wildman–Crippen MR) is 327 cm³/mol. The molecule has 0 atom stereocenters. The van der Waals surface area contributed by atoms with Gasteiger partial charge in [-0.25, -0.2) is 0 Å². The van der Waals surface area contributed by atoms with E-state index in [1.165, 1.54) is 54.6 Å². The third-order valence-electron chi connectivity index (χ3n) is 15.0. The van der Waals surface area contributed by atoms with E-state index in [1.54, 1.807) is 0 Å². The zero-order valence-electron chi connectivity index (χ0n) is 42.3. The van der Waals surface area contributed by atoms with Gasteiger partial charge >= 0.3 is 0 Å². The molecule has 77 heavy (non-hydrogen) atoms. The first-order chi connectivity index (χ1) is 38.1. The Morgan fingerprint density at radius 1 is 0.195 bits per heavy atom. The summed E-state index contributed by atoms with van der Waals surface area (Å²) in [7, 11) is 0. The van der Waals surface area contributed by atoms with E-state index < -0.39 is 0 Å². The minimum atomic E-state index is 1.10. The Labute approximate surface area is 449 Å². The molecule has 0 spiro atoms. The third kappa shape index (κ3) is 8.66. The lowest BCUT2D eigenvalue weighted by Gasteiger charge is -2.25. The van der Waals surface area contributed by atoms with Gasteiger partial charge in [0, 0.05) is 50.6 Å². The summed E-state index contributed by atoms with van der Waals surface area (Å²) in [5.41, 5.74) is 19.4. The zero-order chi connectivity index (χ0) is 51.1. The summed E-state index contributed by atoms with van der Waals surface area (Å²) in [5, 5.41) is 7.14. The highest BCUT2D eigenvalue weighted by atomic mass is 15.1. The van der Waals surface area contributed by atoms with Crippen molar-refractivity contribution in [1.82, 2.24) is 4.57 Å². The fourth-order valence-corrected chi connectivity index (χ4v) is 11.3. The Morgan fingerprint density at radius 3 is 0.896 bits per heavy atom. The number of rotatable bonds is 11. The van der Waals surface area contributed by atoms with Gasteiger partial charge in [-0.2, -0.15) is 0 Å². The van der Waals surface area contributed by atoms with Crippen molar-refractivity contribution in [2.24, 2.45) is 0 Å². The molecule has 362 valence electrons. The van der Waals surface area contributed by atoms with Crippen molar-refractivity contribution in [3.8, 4) is 50.2 Å². The molecule has 3 nitrogen and oxygen atoms in total. The fourth-order valence-electron chi connectivity index (χ4n) is 11.3. The van der Waals surface area contributed by atoms with E-state index in [0.29, 0.717) is 0 Å². The molecule has 0 radical (unpaired) electrons. The highest BCUT2D eigenvalue weighted by molar-refractivity contribution is 6.12. The molecule has 1 aromatic heterocycles. The van der Waals surface area contributed by atoms with Gasteiger partial charge in [0.25, 0.3) is 0 Å². The second kappa shape index (κ2) is 19.6. The molecule has 0 unspecified atom stereocenters. The van der Waals surface area contributed by atoms with Crippen LogP contribution in [0.1, 0.15) is 0 Å². The number of fused-ring (bicyclic) bond motifs is 5. The Bertz CT molecular complexity index is 4060. The van der Waals surface area contributed by atoms with Crippen molar-refractivity contribution in [2.75, 3.05) is 9.80 Å². The smallest absolute Gasteiger partial charge is 0.0541 e. The summed E-state index contributed by atoms with van der Waals surface area (Å²) in [6, 6.07) is 113. The monoisotopic (exact) mass is 981 g/mol. The van der Waals surface area contributed by atoms with E-state index in [1.807, 2.05) is 0 Å². The predicted octanol–water partition coefficient (Wildman–Crippen LogP) is 20.7. The Balaban J connectivity index is 0.972. The van der Waals surface area contributed by atoms with E-state index in [9.17, 15) is 0 Å². The van der Waals surface area contributed by atoms with E-state index in [0.717, 1.165) is 73.1 Å². The number of benzene rings is 13. The molecule has 0 aliphatic carbocycles. The van der Waals surface area contributed by atoms with Crippen LogP contribution in [-0.4, -0.2) is 4.57 Å². The quantitative estimate of drug-likeness (QED) is 0.128. The topological polar surface area (TPSA) is 11.4 Å². The molecule has 14 aromatic rings. The maximum Gasteiger partial charge on any atom is 0.0541 e. The summed E-state index contributed by atoms with van der Waals surface area (Å²) in [6.07, 6.45) is 0. The van der Waals surface area contributed by atoms with Crippen LogP contribution in [0.5, 0.6) is 0 Å². The standard InChI is InChI=1S/C74H51N3/c1-7-19-52(20-8-1)58-37-41-73-71(50-58)72-51-59(53-21-9-2-10-22-53)38-42-74(72)77(73)70-48-62(56-33-31-54-35-39-68(46-60(54)43-56)75(64-23-11-3-12-24-64)65-25-13-4-14-26-65)45-63(49-70)57-34-32-55-36-40-69(47-61(55)44-57)76(66-27-15-5-16-28-66)67-29-17-6-18-30-67/h1-51H. The van der Waals surface area contributed by atoms with Gasteiger partial charge in [-0.15, -0.1) is 0 Å². The SMILES string of the molecule is c1ccc(-c2ccc3c(c2)c2cc(-c4ccccc4)ccc2n3-c2cc(-c3ccc4ccc(N(c5ccccc5)c5ccccc5)cc4c3)cc(-c3ccc4ccc(N(c5ccccc5)c5ccccc5)cc4c3)c2)cc1. The average Bonchev–Trinajstić information content (AvgIpc) is 3.86. The van der Waals surface area contributed by atoms with Crippen molar-refractivity contribution in [2.45, 2.75) is 0 Å². The van der Waals surface area contributed by atoms with Gasteiger partial charge < -0.3 is 14.4 Å². The first kappa shape index (κ1) is 45.4. The van der Waals surface area contributed by atoms with Crippen LogP contribution in [0.15, 0.2) is 309 Å². The van der Waals surface area contributed by atoms with E-state index >= 15 is 0 Å². The first-order valence-corrected chi connectivity index (χ1v) is 26.4. The number of anilines is 6. The van der Waals surface area contributed by atoms with Crippen LogP contribution in [0.25, 0.3) is 93.5 Å². The normalized spacial score (nSPS) is 11.4. The molecule has 14 rings (SSSR count). The lowest BCUT2D eigenvalue weighted by molar-refractivity contribution is 1.18. The number of nitrogens with zero attached hydrogens (tertiary/aromatic N) is 3. The molecule has 0 N–H and O–H groups in total. The number of para-hydroxylation sites is 4. The van der Waals surface area contributed by atoms with Crippen LogP contribution in [-0.2, 0) is 0 Å². The molecule has 1 heterocycles. The Hall–Kier alpha value is -10.2. The fraction of sp³-hybridized carbons (Fsp3) is 0. The van der Waals surface area contributed by atoms with Crippen LogP contribution in [0.3, 0.4) is 0 Å². The molecule has 0 aliphatic heterocycles. The number of hydrogen-bond acceptors (Lipinski definition) is 2. The first-order valence-electron chi connectivity index (χ1n) is 26.4. The zero-order valence-corrected chi connectivity index (χ0v) is 42.3. The van der Waals surface area contributed by atoms with E-state index in [2.05, 4.69) is 324 Å². The molecular weight excluding hydrogens is 931 g/mol. The van der Waals surface area contributed by atoms with Crippen molar-refractivity contribution in [1.29, 1.82) is 0 Å². The van der Waals surface area contributed by atoms with Gasteiger partial charge in [0.05, 0.1) is 11.0 Å². The minimum absolute atomic E-state index is 1.10. The largest absolute Gasteiger partial charge is 0.310 e. The van der Waals surface area contributed by atoms with Gasteiger partial charge in [-0.1, -0.05) is 182 Å². The van der Waals surface area contributed by atoms with Gasteiger partial charge in [0.15, 0.2) is 0 Å². The molecular formula is C74H51N3. The van der Waals surface area contributed by atoms with Gasteiger partial charge in [0.2, 0.25) is 0 Å². The Morgan fingerprint density at radius 2 is 0.519 bits per heavy atom. The highest BCUT2D eigenvalue weighted by Gasteiger charge is 2.19. The molecule has 0 saturated carbocycles. The molecule has 0 saturated heterocycles. The van der Waals surface area contributed by atoms with Crippen LogP contribution < -0.4 is 9.80 Å². The summed E-state index contributed by atoms with van der Waals surface area (Å²) in [6.45, 7) is 0. The minimum Gasteiger partial charge on any atom is -0.310 e. The second-order valence-corrected chi connectivity index (χ2v) is 19.8. The van der Waals surface area contributed by atoms with Crippen molar-refractivity contribution in [3.05, 3.63) is 309 Å². The van der Waals surface area contributed by atoms with Crippen molar-refractivity contribution >= 4 is 77.5 Å². The molecule has 0 aliphatic rings. The van der Waals surface area contributed by atoms with Crippen molar-refractivity contribution in [3.63, 3.8) is 0 Å².